The number of carbonyl (C=O) groups excluding carboxylic acids is 1. The zero-order valence-corrected chi connectivity index (χ0v) is 8.96. The van der Waals surface area contributed by atoms with Crippen LogP contribution in [0.2, 0.25) is 0 Å². The van der Waals surface area contributed by atoms with Gasteiger partial charge in [-0.1, -0.05) is 19.3 Å². The number of hydrogen-bond donors (Lipinski definition) is 1. The molecule has 2 rings (SSSR count). The molecule has 80 valence electrons. The van der Waals surface area contributed by atoms with E-state index in [0.29, 0.717) is 5.91 Å². The predicted octanol–water partition coefficient (Wildman–Crippen LogP) is 0.854. The standard InChI is InChI=1S/C11H20N2O/c1-13(6-5-9-3-2-4-9)11(14)10-7-12-8-10/h9-10,12H,2-8H2,1H3. The van der Waals surface area contributed by atoms with E-state index in [1.165, 1.54) is 25.7 Å². The van der Waals surface area contributed by atoms with Gasteiger partial charge in [0.2, 0.25) is 5.91 Å². The fraction of sp³-hybridized carbons (Fsp3) is 0.909. The molecule has 3 heteroatoms. The molecule has 2 aliphatic rings. The summed E-state index contributed by atoms with van der Waals surface area (Å²) >= 11 is 0. The molecule has 1 aliphatic carbocycles. The molecule has 0 aromatic rings. The number of amides is 1. The van der Waals surface area contributed by atoms with Crippen molar-refractivity contribution in [1.82, 2.24) is 10.2 Å². The first kappa shape index (κ1) is 9.97. The maximum absolute atomic E-state index is 11.7. The summed E-state index contributed by atoms with van der Waals surface area (Å²) in [6.45, 7) is 2.72. The summed E-state index contributed by atoms with van der Waals surface area (Å²) in [6.07, 6.45) is 5.37. The Balaban J connectivity index is 1.65. The Hall–Kier alpha value is -0.570. The first-order chi connectivity index (χ1) is 6.77. The molecule has 14 heavy (non-hydrogen) atoms. The van der Waals surface area contributed by atoms with Crippen LogP contribution in [0.5, 0.6) is 0 Å². The molecular formula is C11H20N2O. The lowest BCUT2D eigenvalue weighted by Crippen LogP contribution is -2.51. The smallest absolute Gasteiger partial charge is 0.227 e. The Kier molecular flexibility index (Phi) is 3.06. The van der Waals surface area contributed by atoms with Crippen molar-refractivity contribution in [2.75, 3.05) is 26.7 Å². The van der Waals surface area contributed by atoms with Gasteiger partial charge in [-0.25, -0.2) is 0 Å². The molecule has 1 aliphatic heterocycles. The van der Waals surface area contributed by atoms with Gasteiger partial charge in [0, 0.05) is 26.7 Å². The molecule has 1 amide bonds. The van der Waals surface area contributed by atoms with Gasteiger partial charge >= 0.3 is 0 Å². The summed E-state index contributed by atoms with van der Waals surface area (Å²) in [5, 5.41) is 3.14. The van der Waals surface area contributed by atoms with Gasteiger partial charge in [0.1, 0.15) is 0 Å². The summed E-state index contributed by atoms with van der Waals surface area (Å²) in [4.78, 5) is 13.7. The molecule has 0 spiro atoms. The first-order valence-electron chi connectivity index (χ1n) is 5.73. The third-order valence-electron chi connectivity index (χ3n) is 3.60. The van der Waals surface area contributed by atoms with Crippen molar-refractivity contribution in [1.29, 1.82) is 0 Å². The third kappa shape index (κ3) is 2.08. The average Bonchev–Trinajstić information content (AvgIpc) is 1.97. The Morgan fingerprint density at radius 3 is 2.57 bits per heavy atom. The van der Waals surface area contributed by atoms with Gasteiger partial charge in [-0.15, -0.1) is 0 Å². The molecular weight excluding hydrogens is 176 g/mol. The van der Waals surface area contributed by atoms with Crippen LogP contribution in [0.15, 0.2) is 0 Å². The van der Waals surface area contributed by atoms with Crippen LogP contribution in [-0.4, -0.2) is 37.5 Å². The maximum atomic E-state index is 11.7. The van der Waals surface area contributed by atoms with E-state index in [0.717, 1.165) is 25.6 Å². The Labute approximate surface area is 85.8 Å². The van der Waals surface area contributed by atoms with Crippen LogP contribution in [0, 0.1) is 11.8 Å². The van der Waals surface area contributed by atoms with Gasteiger partial charge in [-0.3, -0.25) is 4.79 Å². The van der Waals surface area contributed by atoms with Gasteiger partial charge < -0.3 is 10.2 Å². The second-order valence-corrected chi connectivity index (χ2v) is 4.70. The highest BCUT2D eigenvalue weighted by Gasteiger charge is 2.28. The second-order valence-electron chi connectivity index (χ2n) is 4.70. The fourth-order valence-corrected chi connectivity index (χ4v) is 2.04. The molecule has 0 atom stereocenters. The van der Waals surface area contributed by atoms with E-state index < -0.39 is 0 Å². The molecule has 0 aromatic carbocycles. The highest BCUT2D eigenvalue weighted by Crippen LogP contribution is 2.29. The van der Waals surface area contributed by atoms with Crippen LogP contribution in [0.25, 0.3) is 0 Å². The molecule has 0 bridgehead atoms. The van der Waals surface area contributed by atoms with E-state index >= 15 is 0 Å². The van der Waals surface area contributed by atoms with E-state index in [-0.39, 0.29) is 5.92 Å². The molecule has 3 nitrogen and oxygen atoms in total. The van der Waals surface area contributed by atoms with E-state index in [4.69, 9.17) is 0 Å². The van der Waals surface area contributed by atoms with Crippen molar-refractivity contribution in [3.63, 3.8) is 0 Å². The fourth-order valence-electron chi connectivity index (χ4n) is 2.04. The van der Waals surface area contributed by atoms with E-state index in [9.17, 15) is 4.79 Å². The lowest BCUT2D eigenvalue weighted by Gasteiger charge is -2.32. The van der Waals surface area contributed by atoms with Crippen molar-refractivity contribution in [2.45, 2.75) is 25.7 Å². The first-order valence-corrected chi connectivity index (χ1v) is 5.73. The monoisotopic (exact) mass is 196 g/mol. The predicted molar refractivity (Wildman–Crippen MR) is 56.0 cm³/mol. The van der Waals surface area contributed by atoms with Crippen LogP contribution in [0.1, 0.15) is 25.7 Å². The third-order valence-corrected chi connectivity index (χ3v) is 3.60. The van der Waals surface area contributed by atoms with Gasteiger partial charge in [-0.05, 0) is 12.3 Å². The summed E-state index contributed by atoms with van der Waals surface area (Å²) in [7, 11) is 1.94. The van der Waals surface area contributed by atoms with Crippen LogP contribution in [-0.2, 0) is 4.79 Å². The number of nitrogens with zero attached hydrogens (tertiary/aromatic N) is 1. The number of hydrogen-bond acceptors (Lipinski definition) is 2. The lowest BCUT2D eigenvalue weighted by atomic mass is 9.83. The highest BCUT2D eigenvalue weighted by molar-refractivity contribution is 5.79. The van der Waals surface area contributed by atoms with Crippen molar-refractivity contribution in [3.05, 3.63) is 0 Å². The van der Waals surface area contributed by atoms with Crippen LogP contribution < -0.4 is 5.32 Å². The normalized spacial score (nSPS) is 22.6. The largest absolute Gasteiger partial charge is 0.345 e. The number of nitrogens with one attached hydrogen (secondary N) is 1. The van der Waals surface area contributed by atoms with Gasteiger partial charge in [0.15, 0.2) is 0 Å². The number of rotatable bonds is 4. The minimum absolute atomic E-state index is 0.265. The van der Waals surface area contributed by atoms with Gasteiger partial charge in [0.25, 0.3) is 0 Å². The highest BCUT2D eigenvalue weighted by atomic mass is 16.2. The van der Waals surface area contributed by atoms with E-state index in [1.807, 2.05) is 11.9 Å². The molecule has 0 aromatic heterocycles. The van der Waals surface area contributed by atoms with Crippen molar-refractivity contribution in [2.24, 2.45) is 11.8 Å². The molecule has 2 fully saturated rings. The van der Waals surface area contributed by atoms with Crippen LogP contribution in [0.4, 0.5) is 0 Å². The lowest BCUT2D eigenvalue weighted by molar-refractivity contribution is -0.135. The molecule has 1 heterocycles. The molecule has 1 saturated heterocycles. The summed E-state index contributed by atoms with van der Waals surface area (Å²) in [6, 6.07) is 0. The molecule has 1 saturated carbocycles. The maximum Gasteiger partial charge on any atom is 0.227 e. The second kappa shape index (κ2) is 4.30. The Morgan fingerprint density at radius 2 is 2.14 bits per heavy atom. The Bertz CT molecular complexity index is 209. The van der Waals surface area contributed by atoms with Crippen molar-refractivity contribution < 1.29 is 4.79 Å². The quantitative estimate of drug-likeness (QED) is 0.723. The van der Waals surface area contributed by atoms with E-state index in [1.54, 1.807) is 0 Å². The molecule has 0 unspecified atom stereocenters. The molecule has 1 N–H and O–H groups in total. The van der Waals surface area contributed by atoms with Gasteiger partial charge in [0.05, 0.1) is 5.92 Å². The van der Waals surface area contributed by atoms with Gasteiger partial charge in [-0.2, -0.15) is 0 Å². The summed E-state index contributed by atoms with van der Waals surface area (Å²) < 4.78 is 0. The Morgan fingerprint density at radius 1 is 1.43 bits per heavy atom. The zero-order chi connectivity index (χ0) is 9.97. The zero-order valence-electron chi connectivity index (χ0n) is 8.96. The average molecular weight is 196 g/mol. The summed E-state index contributed by atoms with van der Waals surface area (Å²) in [5.74, 6) is 1.51. The summed E-state index contributed by atoms with van der Waals surface area (Å²) in [5.41, 5.74) is 0. The van der Waals surface area contributed by atoms with Crippen molar-refractivity contribution in [3.8, 4) is 0 Å². The van der Waals surface area contributed by atoms with Crippen LogP contribution in [0.3, 0.4) is 0 Å². The molecule has 0 radical (unpaired) electrons. The SMILES string of the molecule is CN(CCC1CCC1)C(=O)C1CNC1. The van der Waals surface area contributed by atoms with E-state index in [2.05, 4.69) is 5.32 Å². The number of carbonyl (C=O) groups is 1. The topological polar surface area (TPSA) is 32.3 Å². The van der Waals surface area contributed by atoms with Crippen molar-refractivity contribution >= 4 is 5.91 Å². The minimum atomic E-state index is 0.265. The van der Waals surface area contributed by atoms with Crippen LogP contribution >= 0.6 is 0 Å². The minimum Gasteiger partial charge on any atom is -0.345 e.